The Hall–Kier alpha value is -4.48. The van der Waals surface area contributed by atoms with Crippen LogP contribution in [0.5, 0.6) is 0 Å². The van der Waals surface area contributed by atoms with Crippen molar-refractivity contribution in [1.82, 2.24) is 10.2 Å². The Balaban J connectivity index is 1.32. The van der Waals surface area contributed by atoms with Crippen LogP contribution in [0.1, 0.15) is 32.8 Å². The second-order valence-electron chi connectivity index (χ2n) is 10.8. The van der Waals surface area contributed by atoms with E-state index in [-0.39, 0.29) is 34.0 Å². The number of anilines is 2. The fourth-order valence-electron chi connectivity index (χ4n) is 6.19. The molecule has 0 saturated carbocycles. The lowest BCUT2D eigenvalue weighted by Crippen LogP contribution is -2.53. The van der Waals surface area contributed by atoms with Crippen LogP contribution >= 0.6 is 46.3 Å². The van der Waals surface area contributed by atoms with Gasteiger partial charge >= 0.3 is 0 Å². The van der Waals surface area contributed by atoms with Gasteiger partial charge in [-0.05, 0) is 47.5 Å². The smallest absolute Gasteiger partial charge is 0.297 e. The first-order chi connectivity index (χ1) is 22.4. The van der Waals surface area contributed by atoms with Crippen molar-refractivity contribution in [3.8, 4) is 0 Å². The van der Waals surface area contributed by atoms with Crippen molar-refractivity contribution in [2.75, 3.05) is 9.80 Å². The molecule has 0 fully saturated rings. The second kappa shape index (κ2) is 11.1. The molecule has 8 nitrogen and oxygen atoms in total. The van der Waals surface area contributed by atoms with E-state index in [1.165, 1.54) is 16.7 Å². The molecule has 12 heteroatoms. The first-order valence-electron chi connectivity index (χ1n) is 14.1. The minimum atomic E-state index is -1.89. The number of aromatic nitrogens is 2. The predicted octanol–water partition coefficient (Wildman–Crippen LogP) is 7.69. The Bertz CT molecular complexity index is 2290. The van der Waals surface area contributed by atoms with Gasteiger partial charge in [0.25, 0.3) is 11.8 Å². The Morgan fingerprint density at radius 3 is 2.50 bits per heavy atom. The lowest BCUT2D eigenvalue weighted by atomic mass is 9.84. The van der Waals surface area contributed by atoms with Crippen LogP contribution in [0.15, 0.2) is 111 Å². The average molecular weight is 684 g/mol. The maximum Gasteiger partial charge on any atom is 0.297 e. The van der Waals surface area contributed by atoms with Crippen LogP contribution < -0.4 is 15.2 Å². The Morgan fingerprint density at radius 2 is 1.65 bits per heavy atom. The van der Waals surface area contributed by atoms with Crippen molar-refractivity contribution in [3.63, 3.8) is 0 Å². The van der Waals surface area contributed by atoms with Crippen LogP contribution in [0.3, 0.4) is 0 Å². The van der Waals surface area contributed by atoms with E-state index >= 15 is 4.79 Å². The Labute approximate surface area is 280 Å². The quantitative estimate of drug-likeness (QED) is 0.131. The van der Waals surface area contributed by atoms with E-state index < -0.39 is 22.8 Å². The number of rotatable bonds is 6. The molecule has 0 aliphatic carbocycles. The SMILES string of the molecule is O=C1c2oc3ccccc3c(=O)c2C2(C(=O)N(Cc3ccccc3Cl)c3ccccc32)N1c1nnc(SCc2cccc(Cl)c2)s1. The fraction of sp³-hybridized carbons (Fsp3) is 0.0882. The van der Waals surface area contributed by atoms with Gasteiger partial charge in [-0.2, -0.15) is 0 Å². The standard InChI is InChI=1S/C34H20Cl2N4O4S2/c35-21-10-7-8-19(16-21)18-45-33-38-37-32(46-33)40-30(42)29-27(28(41)22-11-2-6-15-26(22)44-29)34(40)23-12-3-5-14-25(23)39(31(34)43)17-20-9-1-4-13-24(20)36/h1-16H,17-18H2. The number of nitrogens with zero attached hydrogens (tertiary/aromatic N) is 4. The number of hydrogen-bond acceptors (Lipinski definition) is 8. The molecule has 8 rings (SSSR count). The number of hydrogen-bond donors (Lipinski definition) is 0. The minimum Gasteiger partial charge on any atom is -0.450 e. The molecule has 2 aromatic heterocycles. The van der Waals surface area contributed by atoms with Gasteiger partial charge in [0.2, 0.25) is 10.9 Å². The topological polar surface area (TPSA) is 96.6 Å². The first kappa shape index (κ1) is 29.0. The van der Waals surface area contributed by atoms with Crippen molar-refractivity contribution in [2.45, 2.75) is 22.2 Å². The molecule has 1 unspecified atom stereocenters. The molecule has 0 saturated heterocycles. The van der Waals surface area contributed by atoms with Gasteiger partial charge in [-0.25, -0.2) is 0 Å². The highest BCUT2D eigenvalue weighted by atomic mass is 35.5. The summed E-state index contributed by atoms with van der Waals surface area (Å²) in [6, 6.07) is 28.6. The third kappa shape index (κ3) is 4.32. The minimum absolute atomic E-state index is 0.0429. The highest BCUT2D eigenvalue weighted by Crippen LogP contribution is 2.55. The number of benzene rings is 4. The van der Waals surface area contributed by atoms with Gasteiger partial charge in [-0.1, -0.05) is 107 Å². The summed E-state index contributed by atoms with van der Waals surface area (Å²) in [5, 5.41) is 10.3. The molecule has 4 heterocycles. The Kier molecular flexibility index (Phi) is 6.99. The van der Waals surface area contributed by atoms with E-state index in [1.807, 2.05) is 42.5 Å². The molecule has 0 bridgehead atoms. The summed E-state index contributed by atoms with van der Waals surface area (Å²) in [5.74, 6) is -0.780. The summed E-state index contributed by atoms with van der Waals surface area (Å²) >= 11 is 15.3. The van der Waals surface area contributed by atoms with E-state index in [2.05, 4.69) is 10.2 Å². The van der Waals surface area contributed by atoms with Crippen LogP contribution in [-0.4, -0.2) is 22.0 Å². The molecule has 1 atom stereocenters. The zero-order valence-electron chi connectivity index (χ0n) is 23.6. The summed E-state index contributed by atoms with van der Waals surface area (Å²) in [6.07, 6.45) is 0. The highest BCUT2D eigenvalue weighted by molar-refractivity contribution is 8.00. The average Bonchev–Trinajstić information content (AvgIpc) is 3.70. The van der Waals surface area contributed by atoms with Crippen molar-refractivity contribution in [2.24, 2.45) is 0 Å². The van der Waals surface area contributed by atoms with Gasteiger partial charge in [-0.3, -0.25) is 19.3 Å². The lowest BCUT2D eigenvalue weighted by molar-refractivity contribution is -0.121. The fourth-order valence-corrected chi connectivity index (χ4v) is 8.43. The maximum atomic E-state index is 15.1. The third-order valence-electron chi connectivity index (χ3n) is 8.16. The number of carbonyl (C=O) groups excluding carboxylic acids is 2. The number of halogens is 2. The summed E-state index contributed by atoms with van der Waals surface area (Å²) in [6.45, 7) is 0.115. The van der Waals surface area contributed by atoms with Crippen molar-refractivity contribution >= 4 is 79.9 Å². The van der Waals surface area contributed by atoms with Crippen LogP contribution in [0.25, 0.3) is 11.0 Å². The molecule has 0 radical (unpaired) electrons. The van der Waals surface area contributed by atoms with Gasteiger partial charge in [0, 0.05) is 21.4 Å². The number of carbonyl (C=O) groups is 2. The van der Waals surface area contributed by atoms with E-state index in [0.29, 0.717) is 37.0 Å². The molecule has 46 heavy (non-hydrogen) atoms. The van der Waals surface area contributed by atoms with Crippen LogP contribution in [0.2, 0.25) is 10.0 Å². The van der Waals surface area contributed by atoms with Crippen LogP contribution in [0.4, 0.5) is 10.8 Å². The van der Waals surface area contributed by atoms with Gasteiger partial charge in [0.1, 0.15) is 5.58 Å². The molecule has 2 aliphatic heterocycles. The summed E-state index contributed by atoms with van der Waals surface area (Å²) in [5.41, 5.74) is 0.570. The van der Waals surface area contributed by atoms with Crippen molar-refractivity contribution < 1.29 is 14.0 Å². The summed E-state index contributed by atoms with van der Waals surface area (Å²) in [4.78, 5) is 46.8. The van der Waals surface area contributed by atoms with E-state index in [1.54, 1.807) is 59.5 Å². The van der Waals surface area contributed by atoms with E-state index in [0.717, 1.165) is 16.9 Å². The van der Waals surface area contributed by atoms with Crippen LogP contribution in [-0.2, 0) is 22.6 Å². The van der Waals surface area contributed by atoms with Gasteiger partial charge in [0.05, 0.1) is 23.2 Å². The molecule has 6 aromatic rings. The van der Waals surface area contributed by atoms with E-state index in [9.17, 15) is 9.59 Å². The molecule has 2 aliphatic rings. The monoisotopic (exact) mass is 682 g/mol. The molecule has 2 amide bonds. The molecule has 1 spiro atoms. The zero-order valence-corrected chi connectivity index (χ0v) is 26.8. The van der Waals surface area contributed by atoms with Gasteiger partial charge in [-0.15, -0.1) is 10.2 Å². The number of thioether (sulfide) groups is 1. The molecule has 0 N–H and O–H groups in total. The van der Waals surface area contributed by atoms with Crippen LogP contribution in [0, 0.1) is 0 Å². The number of amides is 2. The normalized spacial score (nSPS) is 16.9. The maximum absolute atomic E-state index is 15.1. The largest absolute Gasteiger partial charge is 0.450 e. The highest BCUT2D eigenvalue weighted by Gasteiger charge is 2.66. The van der Waals surface area contributed by atoms with Crippen molar-refractivity contribution in [3.05, 3.63) is 145 Å². The predicted molar refractivity (Wildman–Crippen MR) is 180 cm³/mol. The molecule has 226 valence electrons. The third-order valence-corrected chi connectivity index (χ3v) is 10.9. The van der Waals surface area contributed by atoms with E-state index in [4.69, 9.17) is 27.6 Å². The van der Waals surface area contributed by atoms with Gasteiger partial charge in [0.15, 0.2) is 15.3 Å². The summed E-state index contributed by atoms with van der Waals surface area (Å²) in [7, 11) is 0. The molecular weight excluding hydrogens is 663 g/mol. The molecule has 4 aromatic carbocycles. The number of fused-ring (bicyclic) bond motifs is 5. The molecular formula is C34H20Cl2N4O4S2. The second-order valence-corrected chi connectivity index (χ2v) is 13.8. The van der Waals surface area contributed by atoms with Gasteiger partial charge < -0.3 is 9.32 Å². The lowest BCUT2D eigenvalue weighted by Gasteiger charge is -2.32. The Morgan fingerprint density at radius 1 is 0.870 bits per heavy atom. The summed E-state index contributed by atoms with van der Waals surface area (Å²) < 4.78 is 6.72. The van der Waals surface area contributed by atoms with Crippen molar-refractivity contribution in [1.29, 1.82) is 0 Å². The first-order valence-corrected chi connectivity index (χ1v) is 16.7. The number of para-hydroxylation sites is 2. The zero-order chi connectivity index (χ0) is 31.6.